The minimum absolute atomic E-state index is 0.0432. The van der Waals surface area contributed by atoms with Crippen LogP contribution < -0.4 is 5.32 Å². The highest BCUT2D eigenvalue weighted by Crippen LogP contribution is 2.15. The molecule has 126 valence electrons. The summed E-state index contributed by atoms with van der Waals surface area (Å²) in [7, 11) is 5.10. The van der Waals surface area contributed by atoms with Crippen molar-refractivity contribution >= 4 is 25.7 Å². The number of halogens is 3. The molecule has 0 saturated carbocycles. The van der Waals surface area contributed by atoms with Gasteiger partial charge in [-0.1, -0.05) is 12.7 Å². The van der Waals surface area contributed by atoms with E-state index in [4.69, 9.17) is 12.6 Å². The summed E-state index contributed by atoms with van der Waals surface area (Å²) in [4.78, 5) is 37.0. The monoisotopic (exact) mass is 333 g/mol. The van der Waals surface area contributed by atoms with Crippen molar-refractivity contribution in [2.75, 3.05) is 32.8 Å². The molecule has 0 bridgehead atoms. The van der Waals surface area contributed by atoms with Crippen LogP contribution in [0, 0.1) is 0 Å². The van der Waals surface area contributed by atoms with E-state index in [0.717, 1.165) is 9.80 Å². The minimum atomic E-state index is -4.60. The molecule has 1 aliphatic rings. The van der Waals surface area contributed by atoms with Gasteiger partial charge in [-0.15, -0.1) is 0 Å². The molecule has 0 aromatic carbocycles. The SMILES string of the molecule is [B]C(=O)N1CCN(C(=O)OCC=C)[C@H](C(=O)NCC(F)(F)F)C1. The number of nitrogens with one attached hydrogen (secondary N) is 1. The zero-order valence-corrected chi connectivity index (χ0v) is 12.1. The third-order valence-electron chi connectivity index (χ3n) is 3.02. The molecule has 2 radical (unpaired) electrons. The summed E-state index contributed by atoms with van der Waals surface area (Å²) in [5, 5.41) is 1.68. The van der Waals surface area contributed by atoms with Crippen LogP contribution in [0.5, 0.6) is 0 Å². The lowest BCUT2D eigenvalue weighted by atomic mass is 10.1. The fourth-order valence-corrected chi connectivity index (χ4v) is 1.94. The van der Waals surface area contributed by atoms with Crippen molar-refractivity contribution in [3.63, 3.8) is 0 Å². The van der Waals surface area contributed by atoms with E-state index in [2.05, 4.69) is 6.58 Å². The third kappa shape index (κ3) is 5.83. The zero-order chi connectivity index (χ0) is 17.6. The minimum Gasteiger partial charge on any atom is -0.445 e. The van der Waals surface area contributed by atoms with E-state index in [1.807, 2.05) is 0 Å². The number of nitrogens with zero attached hydrogens (tertiary/aromatic N) is 2. The lowest BCUT2D eigenvalue weighted by Crippen LogP contribution is -2.62. The normalized spacial score (nSPS) is 18.3. The first kappa shape index (κ1) is 18.9. The molecule has 1 aliphatic heterocycles. The molecule has 1 rings (SSSR count). The number of alkyl halides is 3. The van der Waals surface area contributed by atoms with Crippen LogP contribution in [0.15, 0.2) is 12.7 Å². The Labute approximate surface area is 131 Å². The maximum atomic E-state index is 12.2. The predicted octanol–water partition coefficient (Wildman–Crippen LogP) is 0.262. The summed E-state index contributed by atoms with van der Waals surface area (Å²) < 4.78 is 41.4. The second kappa shape index (κ2) is 7.88. The molecule has 0 aromatic heterocycles. The molecule has 11 heteroatoms. The zero-order valence-electron chi connectivity index (χ0n) is 12.1. The molecule has 0 spiro atoms. The van der Waals surface area contributed by atoms with E-state index < -0.39 is 36.6 Å². The van der Waals surface area contributed by atoms with E-state index in [9.17, 15) is 27.6 Å². The number of hydrogen-bond donors (Lipinski definition) is 1. The van der Waals surface area contributed by atoms with Gasteiger partial charge in [0.2, 0.25) is 13.8 Å². The second-order valence-corrected chi connectivity index (χ2v) is 4.69. The Morgan fingerprint density at radius 3 is 2.52 bits per heavy atom. The van der Waals surface area contributed by atoms with Crippen LogP contribution in [-0.2, 0) is 9.53 Å². The van der Waals surface area contributed by atoms with Gasteiger partial charge in [0.1, 0.15) is 19.2 Å². The van der Waals surface area contributed by atoms with Crippen LogP contribution in [-0.4, -0.2) is 80.5 Å². The van der Waals surface area contributed by atoms with Crippen LogP contribution in [0.2, 0.25) is 0 Å². The number of carbonyl (C=O) groups is 3. The third-order valence-corrected chi connectivity index (χ3v) is 3.02. The molecular weight excluding hydrogens is 318 g/mol. The van der Waals surface area contributed by atoms with Gasteiger partial charge in [0.25, 0.3) is 0 Å². The van der Waals surface area contributed by atoms with E-state index in [0.29, 0.717) is 0 Å². The molecule has 0 unspecified atom stereocenters. The molecule has 1 saturated heterocycles. The maximum Gasteiger partial charge on any atom is 0.410 e. The van der Waals surface area contributed by atoms with Crippen LogP contribution in [0.4, 0.5) is 22.8 Å². The summed E-state index contributed by atoms with van der Waals surface area (Å²) in [6, 6.07) is -1.32. The Morgan fingerprint density at radius 2 is 2.00 bits per heavy atom. The molecule has 0 aromatic rings. The lowest BCUT2D eigenvalue weighted by Gasteiger charge is -2.39. The standard InChI is InChI=1S/C12H15BF3N3O4/c1-2-5-23-11(22)19-4-3-18(10(13)21)6-8(19)9(20)17-7-12(14,15)16/h2,8H,1,3-7H2,(H,17,20)/t8-/m0/s1. The van der Waals surface area contributed by atoms with Crippen molar-refractivity contribution in [1.82, 2.24) is 15.1 Å². The number of piperazine rings is 1. The Kier molecular flexibility index (Phi) is 6.46. The Morgan fingerprint density at radius 1 is 1.35 bits per heavy atom. The van der Waals surface area contributed by atoms with Crippen molar-refractivity contribution in [3.05, 3.63) is 12.7 Å². The highest BCUT2D eigenvalue weighted by molar-refractivity contribution is 6.56. The number of rotatable bonds is 4. The van der Waals surface area contributed by atoms with E-state index in [1.54, 1.807) is 5.32 Å². The van der Waals surface area contributed by atoms with Crippen LogP contribution in [0.25, 0.3) is 0 Å². The fourth-order valence-electron chi connectivity index (χ4n) is 1.94. The number of amides is 3. The average Bonchev–Trinajstić information content (AvgIpc) is 2.48. The lowest BCUT2D eigenvalue weighted by molar-refractivity contribution is -0.142. The van der Waals surface area contributed by atoms with Crippen molar-refractivity contribution in [2.45, 2.75) is 12.2 Å². The van der Waals surface area contributed by atoms with E-state index in [-0.39, 0.29) is 26.2 Å². The first-order valence-corrected chi connectivity index (χ1v) is 6.59. The van der Waals surface area contributed by atoms with E-state index >= 15 is 0 Å². The smallest absolute Gasteiger partial charge is 0.410 e. The van der Waals surface area contributed by atoms with Crippen LogP contribution in [0.3, 0.4) is 0 Å². The molecule has 1 atom stereocenters. The predicted molar refractivity (Wildman–Crippen MR) is 73.8 cm³/mol. The van der Waals surface area contributed by atoms with Gasteiger partial charge in [-0.2, -0.15) is 13.2 Å². The first-order valence-electron chi connectivity index (χ1n) is 6.59. The van der Waals surface area contributed by atoms with Crippen LogP contribution >= 0.6 is 0 Å². The summed E-state index contributed by atoms with van der Waals surface area (Å²) in [6.07, 6.45) is -4.18. The average molecular weight is 333 g/mol. The van der Waals surface area contributed by atoms with Crippen LogP contribution in [0.1, 0.15) is 0 Å². The summed E-state index contributed by atoms with van der Waals surface area (Å²) in [5.41, 5.74) is 0. The Bertz CT molecular complexity index is 487. The molecule has 23 heavy (non-hydrogen) atoms. The molecule has 3 amide bonds. The fraction of sp³-hybridized carbons (Fsp3) is 0.583. The van der Waals surface area contributed by atoms with Crippen molar-refractivity contribution in [3.8, 4) is 0 Å². The molecular formula is C12H15BF3N3O4. The van der Waals surface area contributed by atoms with Gasteiger partial charge in [0.15, 0.2) is 5.81 Å². The topological polar surface area (TPSA) is 79.0 Å². The number of hydrogen-bond acceptors (Lipinski definition) is 4. The number of carbonyl (C=O) groups excluding carboxylic acids is 3. The molecule has 1 heterocycles. The summed E-state index contributed by atoms with van der Waals surface area (Å²) >= 11 is 0. The molecule has 1 fully saturated rings. The van der Waals surface area contributed by atoms with Gasteiger partial charge in [0, 0.05) is 19.6 Å². The highest BCUT2D eigenvalue weighted by Gasteiger charge is 2.38. The molecule has 0 aliphatic carbocycles. The molecule has 1 N–H and O–H groups in total. The Balaban J connectivity index is 2.82. The quantitative estimate of drug-likeness (QED) is 0.591. The maximum absolute atomic E-state index is 12.2. The van der Waals surface area contributed by atoms with E-state index in [1.165, 1.54) is 6.08 Å². The largest absolute Gasteiger partial charge is 0.445 e. The molecule has 7 nitrogen and oxygen atoms in total. The van der Waals surface area contributed by atoms with Gasteiger partial charge in [-0.25, -0.2) is 4.79 Å². The summed E-state index contributed by atoms with van der Waals surface area (Å²) in [6.45, 7) is 1.32. The van der Waals surface area contributed by atoms with Gasteiger partial charge >= 0.3 is 12.3 Å². The van der Waals surface area contributed by atoms with Gasteiger partial charge in [-0.3, -0.25) is 14.5 Å². The summed E-state index contributed by atoms with van der Waals surface area (Å²) in [5.74, 6) is -1.89. The number of ether oxygens (including phenoxy) is 1. The van der Waals surface area contributed by atoms with Crippen molar-refractivity contribution in [1.29, 1.82) is 0 Å². The second-order valence-electron chi connectivity index (χ2n) is 4.69. The van der Waals surface area contributed by atoms with Crippen molar-refractivity contribution < 1.29 is 32.3 Å². The van der Waals surface area contributed by atoms with Gasteiger partial charge in [0.05, 0.1) is 0 Å². The van der Waals surface area contributed by atoms with Gasteiger partial charge < -0.3 is 15.0 Å². The van der Waals surface area contributed by atoms with Gasteiger partial charge in [-0.05, 0) is 0 Å². The first-order chi connectivity index (χ1) is 10.7. The highest BCUT2D eigenvalue weighted by atomic mass is 19.4. The van der Waals surface area contributed by atoms with Crippen molar-refractivity contribution in [2.24, 2.45) is 0 Å². The Hall–Kier alpha value is -2.20.